The quantitative estimate of drug-likeness (QED) is 0.616. The molecule has 126 valence electrons. The second-order valence-electron chi connectivity index (χ2n) is 4.73. The number of benzene rings is 2. The third kappa shape index (κ3) is 4.87. The van der Waals surface area contributed by atoms with Crippen LogP contribution in [0.5, 0.6) is 5.75 Å². The molecule has 0 bridgehead atoms. The molecule has 0 aromatic heterocycles. The van der Waals surface area contributed by atoms with Gasteiger partial charge < -0.3 is 9.84 Å². The van der Waals surface area contributed by atoms with Crippen molar-refractivity contribution in [3.05, 3.63) is 65.0 Å². The summed E-state index contributed by atoms with van der Waals surface area (Å²) in [6, 6.07) is 11.7. The highest BCUT2D eigenvalue weighted by atomic mass is 19.1. The number of para-hydroxylation sites is 1. The van der Waals surface area contributed by atoms with E-state index in [2.05, 4.69) is 10.5 Å². The average Bonchev–Trinajstić information content (AvgIpc) is 2.60. The Balaban J connectivity index is 2.07. The second kappa shape index (κ2) is 8.21. The van der Waals surface area contributed by atoms with Gasteiger partial charge in [0, 0.05) is 5.56 Å². The molecule has 0 heterocycles. The molecule has 2 N–H and O–H groups in total. The van der Waals surface area contributed by atoms with Gasteiger partial charge in [0.2, 0.25) is 0 Å². The van der Waals surface area contributed by atoms with Gasteiger partial charge in [0.15, 0.2) is 6.61 Å². The Hall–Kier alpha value is -3.73. The number of halogens is 1. The summed E-state index contributed by atoms with van der Waals surface area (Å²) in [6.07, 6.45) is 1.25. The highest BCUT2D eigenvalue weighted by Crippen LogP contribution is 2.15. The number of ether oxygens (including phenoxy) is 1. The van der Waals surface area contributed by atoms with Gasteiger partial charge in [-0.25, -0.2) is 14.6 Å². The summed E-state index contributed by atoms with van der Waals surface area (Å²) in [4.78, 5) is 22.4. The highest BCUT2D eigenvalue weighted by molar-refractivity contribution is 5.95. The maximum Gasteiger partial charge on any atom is 0.341 e. The number of hydrogen-bond donors (Lipinski definition) is 2. The molecular formula is C17H12FN3O4. The minimum atomic E-state index is -1.13. The van der Waals surface area contributed by atoms with Crippen molar-refractivity contribution in [2.24, 2.45) is 5.10 Å². The van der Waals surface area contributed by atoms with Gasteiger partial charge in [-0.05, 0) is 30.3 Å². The van der Waals surface area contributed by atoms with Crippen molar-refractivity contribution in [2.45, 2.75) is 0 Å². The van der Waals surface area contributed by atoms with Crippen LogP contribution in [-0.2, 0) is 4.79 Å². The maximum absolute atomic E-state index is 13.7. The molecule has 0 unspecified atom stereocenters. The van der Waals surface area contributed by atoms with Crippen molar-refractivity contribution in [3.8, 4) is 11.8 Å². The Labute approximate surface area is 142 Å². The molecule has 0 fully saturated rings. The van der Waals surface area contributed by atoms with E-state index < -0.39 is 24.3 Å². The van der Waals surface area contributed by atoms with Crippen molar-refractivity contribution in [3.63, 3.8) is 0 Å². The molecule has 0 aliphatic heterocycles. The Morgan fingerprint density at radius 2 is 2.08 bits per heavy atom. The average molecular weight is 341 g/mol. The second-order valence-corrected chi connectivity index (χ2v) is 4.73. The minimum absolute atomic E-state index is 0.0991. The fourth-order valence-corrected chi connectivity index (χ4v) is 1.85. The van der Waals surface area contributed by atoms with E-state index in [1.54, 1.807) is 30.3 Å². The van der Waals surface area contributed by atoms with Gasteiger partial charge in [0.05, 0.1) is 23.4 Å². The molecule has 0 radical (unpaired) electrons. The number of amides is 1. The summed E-state index contributed by atoms with van der Waals surface area (Å²) in [6.45, 7) is -0.520. The van der Waals surface area contributed by atoms with Crippen molar-refractivity contribution in [2.75, 3.05) is 6.61 Å². The van der Waals surface area contributed by atoms with Gasteiger partial charge in [-0.3, -0.25) is 4.79 Å². The number of hydrazone groups is 1. The Morgan fingerprint density at radius 1 is 1.32 bits per heavy atom. The Morgan fingerprint density at radius 3 is 2.76 bits per heavy atom. The van der Waals surface area contributed by atoms with E-state index in [0.717, 1.165) is 6.07 Å². The number of aliphatic carboxylic acids is 1. The van der Waals surface area contributed by atoms with Gasteiger partial charge in [0.25, 0.3) is 5.91 Å². The first-order valence-electron chi connectivity index (χ1n) is 6.98. The first-order valence-corrected chi connectivity index (χ1v) is 6.98. The number of nitrogens with zero attached hydrogens (tertiary/aromatic N) is 2. The summed E-state index contributed by atoms with van der Waals surface area (Å²) in [7, 11) is 0. The molecule has 2 aromatic rings. The topological polar surface area (TPSA) is 112 Å². The molecule has 1 amide bonds. The Kier molecular flexibility index (Phi) is 5.79. The summed E-state index contributed by atoms with van der Waals surface area (Å²) < 4.78 is 18.8. The highest BCUT2D eigenvalue weighted by Gasteiger charge is 2.11. The lowest BCUT2D eigenvalue weighted by atomic mass is 10.1. The molecule has 0 aliphatic carbocycles. The zero-order valence-corrected chi connectivity index (χ0v) is 12.8. The van der Waals surface area contributed by atoms with E-state index >= 15 is 0 Å². The molecule has 0 saturated heterocycles. The minimum Gasteiger partial charge on any atom is -0.481 e. The van der Waals surface area contributed by atoms with Crippen LogP contribution in [0.3, 0.4) is 0 Å². The SMILES string of the molecule is N#Cc1ccc(C(=O)NN=Cc2ccccc2OCC(=O)O)c(F)c1. The zero-order chi connectivity index (χ0) is 18.2. The monoisotopic (exact) mass is 341 g/mol. The van der Waals surface area contributed by atoms with Crippen LogP contribution in [0.2, 0.25) is 0 Å². The standard InChI is InChI=1S/C17H12FN3O4/c18-14-7-11(8-19)5-6-13(14)17(24)21-20-9-12-3-1-2-4-15(12)25-10-16(22)23/h1-7,9H,10H2,(H,21,24)(H,22,23). The lowest BCUT2D eigenvalue weighted by Crippen LogP contribution is -2.19. The van der Waals surface area contributed by atoms with Crippen LogP contribution in [0, 0.1) is 17.1 Å². The van der Waals surface area contributed by atoms with E-state index in [-0.39, 0.29) is 16.9 Å². The number of nitriles is 1. The van der Waals surface area contributed by atoms with Crippen LogP contribution in [0.15, 0.2) is 47.6 Å². The van der Waals surface area contributed by atoms with Crippen LogP contribution in [0.4, 0.5) is 4.39 Å². The predicted octanol–water partition coefficient (Wildman–Crippen LogP) is 1.92. The predicted molar refractivity (Wildman–Crippen MR) is 85.7 cm³/mol. The first kappa shape index (κ1) is 17.6. The summed E-state index contributed by atoms with van der Waals surface area (Å²) in [5, 5.41) is 21.0. The number of rotatable bonds is 6. The van der Waals surface area contributed by atoms with Crippen molar-refractivity contribution < 1.29 is 23.8 Å². The van der Waals surface area contributed by atoms with Gasteiger partial charge in [-0.1, -0.05) is 12.1 Å². The third-order valence-electron chi connectivity index (χ3n) is 2.98. The molecule has 0 spiro atoms. The van der Waals surface area contributed by atoms with E-state index in [4.69, 9.17) is 15.1 Å². The molecule has 25 heavy (non-hydrogen) atoms. The number of carbonyl (C=O) groups is 2. The molecule has 0 aliphatic rings. The molecule has 2 rings (SSSR count). The Bertz CT molecular complexity index is 874. The fraction of sp³-hybridized carbons (Fsp3) is 0.0588. The van der Waals surface area contributed by atoms with E-state index in [1.807, 2.05) is 0 Å². The molecule has 0 atom stereocenters. The third-order valence-corrected chi connectivity index (χ3v) is 2.98. The lowest BCUT2D eigenvalue weighted by molar-refractivity contribution is -0.139. The zero-order valence-electron chi connectivity index (χ0n) is 12.8. The van der Waals surface area contributed by atoms with Gasteiger partial charge in [0.1, 0.15) is 11.6 Å². The van der Waals surface area contributed by atoms with Crippen LogP contribution in [-0.4, -0.2) is 29.8 Å². The summed E-state index contributed by atoms with van der Waals surface area (Å²) in [5.74, 6) is -2.48. The van der Waals surface area contributed by atoms with Crippen molar-refractivity contribution in [1.82, 2.24) is 5.43 Å². The summed E-state index contributed by atoms with van der Waals surface area (Å²) in [5.41, 5.74) is 2.43. The number of hydrogen-bond acceptors (Lipinski definition) is 5. The van der Waals surface area contributed by atoms with Crippen LogP contribution >= 0.6 is 0 Å². The van der Waals surface area contributed by atoms with E-state index in [0.29, 0.717) is 5.56 Å². The largest absolute Gasteiger partial charge is 0.481 e. The van der Waals surface area contributed by atoms with Gasteiger partial charge in [-0.2, -0.15) is 10.4 Å². The van der Waals surface area contributed by atoms with Crippen LogP contribution in [0.1, 0.15) is 21.5 Å². The van der Waals surface area contributed by atoms with Crippen molar-refractivity contribution >= 4 is 18.1 Å². The number of carboxylic acids is 1. The maximum atomic E-state index is 13.7. The van der Waals surface area contributed by atoms with Gasteiger partial charge in [-0.15, -0.1) is 0 Å². The number of carboxylic acid groups (broad SMARTS) is 1. The lowest BCUT2D eigenvalue weighted by Gasteiger charge is -2.06. The molecule has 0 saturated carbocycles. The number of nitrogens with one attached hydrogen (secondary N) is 1. The molecule has 7 nitrogen and oxygen atoms in total. The van der Waals surface area contributed by atoms with Crippen molar-refractivity contribution in [1.29, 1.82) is 5.26 Å². The molecular weight excluding hydrogens is 329 g/mol. The van der Waals surface area contributed by atoms with E-state index in [1.165, 1.54) is 18.3 Å². The fourth-order valence-electron chi connectivity index (χ4n) is 1.85. The molecule has 2 aromatic carbocycles. The smallest absolute Gasteiger partial charge is 0.341 e. The molecule has 8 heteroatoms. The van der Waals surface area contributed by atoms with E-state index in [9.17, 15) is 14.0 Å². The summed E-state index contributed by atoms with van der Waals surface area (Å²) >= 11 is 0. The van der Waals surface area contributed by atoms with Crippen LogP contribution in [0.25, 0.3) is 0 Å². The number of carbonyl (C=O) groups excluding carboxylic acids is 1. The van der Waals surface area contributed by atoms with Crippen LogP contribution < -0.4 is 10.2 Å². The first-order chi connectivity index (χ1) is 12.0. The van der Waals surface area contributed by atoms with Gasteiger partial charge >= 0.3 is 5.97 Å². The normalized spacial score (nSPS) is 10.2.